The summed E-state index contributed by atoms with van der Waals surface area (Å²) in [5.41, 5.74) is 0.871. The van der Waals surface area contributed by atoms with Crippen molar-refractivity contribution in [2.75, 3.05) is 13.2 Å². The zero-order valence-electron chi connectivity index (χ0n) is 14.5. The summed E-state index contributed by atoms with van der Waals surface area (Å²) in [5.74, 6) is -0.729. The van der Waals surface area contributed by atoms with Crippen molar-refractivity contribution in [2.45, 2.75) is 38.5 Å². The average molecular weight is 347 g/mol. The fourth-order valence-electron chi connectivity index (χ4n) is 2.97. The molecule has 0 radical (unpaired) electrons. The number of benzene rings is 1. The van der Waals surface area contributed by atoms with E-state index >= 15 is 0 Å². The van der Waals surface area contributed by atoms with Crippen LogP contribution in [0, 0.1) is 5.92 Å². The van der Waals surface area contributed by atoms with E-state index in [0.29, 0.717) is 19.4 Å². The van der Waals surface area contributed by atoms with Gasteiger partial charge in [-0.15, -0.1) is 6.58 Å². The van der Waals surface area contributed by atoms with Gasteiger partial charge in [-0.3, -0.25) is 4.79 Å². The summed E-state index contributed by atoms with van der Waals surface area (Å²) in [4.78, 5) is 26.0. The fourth-order valence-corrected chi connectivity index (χ4v) is 2.97. The predicted octanol–water partition coefficient (Wildman–Crippen LogP) is 2.51. The first-order valence-electron chi connectivity index (χ1n) is 8.51. The summed E-state index contributed by atoms with van der Waals surface area (Å²) in [6, 6.07) is 8.89. The summed E-state index contributed by atoms with van der Waals surface area (Å²) in [6.07, 6.45) is 1.01. The second kappa shape index (κ2) is 9.22. The van der Waals surface area contributed by atoms with Crippen LogP contribution in [0.25, 0.3) is 0 Å². The molecular formula is C19H25NO5. The highest BCUT2D eigenvalue weighted by Gasteiger charge is 2.38. The average Bonchev–Trinajstić information content (AvgIpc) is 2.66. The number of ether oxygens (including phenoxy) is 2. The van der Waals surface area contributed by atoms with Crippen molar-refractivity contribution in [1.29, 1.82) is 0 Å². The van der Waals surface area contributed by atoms with Crippen LogP contribution in [-0.2, 0) is 20.9 Å². The van der Waals surface area contributed by atoms with Crippen LogP contribution in [0.15, 0.2) is 43.0 Å². The number of aliphatic hydroxyl groups is 1. The van der Waals surface area contributed by atoms with Gasteiger partial charge < -0.3 is 19.5 Å². The minimum Gasteiger partial charge on any atom is -0.466 e. The van der Waals surface area contributed by atoms with Crippen LogP contribution in [0.2, 0.25) is 0 Å². The molecule has 1 fully saturated rings. The lowest BCUT2D eigenvalue weighted by Gasteiger charge is -2.39. The summed E-state index contributed by atoms with van der Waals surface area (Å²) in [5, 5.41) is 10.1. The van der Waals surface area contributed by atoms with E-state index in [0.717, 1.165) is 5.56 Å². The maximum atomic E-state index is 12.5. The van der Waals surface area contributed by atoms with Gasteiger partial charge in [-0.2, -0.15) is 0 Å². The fraction of sp³-hybridized carbons (Fsp3) is 0.474. The number of hydrogen-bond acceptors (Lipinski definition) is 5. The molecule has 0 aromatic heterocycles. The number of carbonyl (C=O) groups excluding carboxylic acids is 2. The standard InChI is InChI=1S/C19H25NO5/c1-3-17(21)16-11-10-15(18(22)24-4-2)12-20(16)19(23)25-13-14-8-6-5-7-9-14/h3,5-9,15-17,21H,1,4,10-13H2,2H3/t15-,16+,17?/m1/s1. The van der Waals surface area contributed by atoms with E-state index in [4.69, 9.17) is 9.47 Å². The maximum Gasteiger partial charge on any atom is 0.410 e. The third-order valence-electron chi connectivity index (χ3n) is 4.32. The Bertz CT molecular complexity index is 589. The van der Waals surface area contributed by atoms with E-state index < -0.39 is 24.2 Å². The van der Waals surface area contributed by atoms with E-state index in [-0.39, 0.29) is 19.1 Å². The molecular weight excluding hydrogens is 322 g/mol. The molecule has 6 nitrogen and oxygen atoms in total. The van der Waals surface area contributed by atoms with E-state index in [1.807, 2.05) is 30.3 Å². The topological polar surface area (TPSA) is 76.1 Å². The molecule has 25 heavy (non-hydrogen) atoms. The smallest absolute Gasteiger partial charge is 0.410 e. The third-order valence-corrected chi connectivity index (χ3v) is 4.32. The van der Waals surface area contributed by atoms with Gasteiger partial charge in [-0.25, -0.2) is 4.79 Å². The Labute approximate surface area is 148 Å². The van der Waals surface area contributed by atoms with Gasteiger partial charge in [-0.05, 0) is 25.3 Å². The van der Waals surface area contributed by atoms with Gasteiger partial charge in [-0.1, -0.05) is 36.4 Å². The van der Waals surface area contributed by atoms with Crippen molar-refractivity contribution in [3.63, 3.8) is 0 Å². The van der Waals surface area contributed by atoms with Crippen LogP contribution in [0.4, 0.5) is 4.79 Å². The lowest BCUT2D eigenvalue weighted by molar-refractivity contribution is -0.150. The summed E-state index contributed by atoms with van der Waals surface area (Å²) in [7, 11) is 0. The van der Waals surface area contributed by atoms with Crippen LogP contribution in [0.5, 0.6) is 0 Å². The van der Waals surface area contributed by atoms with E-state index in [9.17, 15) is 14.7 Å². The highest BCUT2D eigenvalue weighted by atomic mass is 16.6. The molecule has 0 bridgehead atoms. The predicted molar refractivity (Wildman–Crippen MR) is 92.7 cm³/mol. The normalized spacial score (nSPS) is 21.3. The molecule has 1 unspecified atom stereocenters. The van der Waals surface area contributed by atoms with Crippen LogP contribution in [-0.4, -0.2) is 47.4 Å². The molecule has 1 aliphatic heterocycles. The van der Waals surface area contributed by atoms with Crippen LogP contribution >= 0.6 is 0 Å². The number of rotatable bonds is 6. The number of likely N-dealkylation sites (tertiary alicyclic amines) is 1. The minimum atomic E-state index is -0.868. The Morgan fingerprint density at radius 3 is 2.68 bits per heavy atom. The number of esters is 1. The quantitative estimate of drug-likeness (QED) is 0.632. The molecule has 2 rings (SSSR count). The number of amides is 1. The van der Waals surface area contributed by atoms with Gasteiger partial charge in [0.15, 0.2) is 0 Å². The summed E-state index contributed by atoms with van der Waals surface area (Å²) in [6.45, 7) is 5.94. The molecule has 136 valence electrons. The van der Waals surface area contributed by atoms with Crippen LogP contribution in [0.3, 0.4) is 0 Å². The molecule has 1 saturated heterocycles. The SMILES string of the molecule is C=CC(O)[C@@H]1CC[C@@H](C(=O)OCC)CN1C(=O)OCc1ccccc1. The molecule has 0 aliphatic carbocycles. The number of aliphatic hydroxyl groups excluding tert-OH is 1. The van der Waals surface area contributed by atoms with Crippen molar-refractivity contribution >= 4 is 12.1 Å². The number of piperidine rings is 1. The molecule has 1 amide bonds. The zero-order valence-corrected chi connectivity index (χ0v) is 14.5. The Morgan fingerprint density at radius 2 is 2.04 bits per heavy atom. The van der Waals surface area contributed by atoms with Gasteiger partial charge in [0.05, 0.1) is 24.7 Å². The van der Waals surface area contributed by atoms with Gasteiger partial charge in [0.25, 0.3) is 0 Å². The van der Waals surface area contributed by atoms with Gasteiger partial charge in [0, 0.05) is 6.54 Å². The first-order chi connectivity index (χ1) is 12.1. The summed E-state index contributed by atoms with van der Waals surface area (Å²) >= 11 is 0. The third kappa shape index (κ3) is 5.06. The second-order valence-electron chi connectivity index (χ2n) is 6.01. The molecule has 3 atom stereocenters. The zero-order chi connectivity index (χ0) is 18.2. The van der Waals surface area contributed by atoms with E-state index in [2.05, 4.69) is 6.58 Å². The summed E-state index contributed by atoms with van der Waals surface area (Å²) < 4.78 is 10.4. The molecule has 0 spiro atoms. The van der Waals surface area contributed by atoms with Crippen molar-refractivity contribution in [2.24, 2.45) is 5.92 Å². The Morgan fingerprint density at radius 1 is 1.32 bits per heavy atom. The van der Waals surface area contributed by atoms with E-state index in [1.165, 1.54) is 11.0 Å². The van der Waals surface area contributed by atoms with Crippen molar-refractivity contribution in [3.05, 3.63) is 48.6 Å². The molecule has 1 aliphatic rings. The lowest BCUT2D eigenvalue weighted by atomic mass is 9.90. The van der Waals surface area contributed by atoms with Crippen LogP contribution in [0.1, 0.15) is 25.3 Å². The van der Waals surface area contributed by atoms with Crippen molar-refractivity contribution < 1.29 is 24.2 Å². The molecule has 1 N–H and O–H groups in total. The highest BCUT2D eigenvalue weighted by molar-refractivity contribution is 5.75. The number of carbonyl (C=O) groups is 2. The first-order valence-corrected chi connectivity index (χ1v) is 8.51. The largest absolute Gasteiger partial charge is 0.466 e. The molecule has 6 heteroatoms. The van der Waals surface area contributed by atoms with E-state index in [1.54, 1.807) is 6.92 Å². The van der Waals surface area contributed by atoms with Crippen molar-refractivity contribution in [1.82, 2.24) is 4.90 Å². The Hall–Kier alpha value is -2.34. The van der Waals surface area contributed by atoms with Crippen molar-refractivity contribution in [3.8, 4) is 0 Å². The van der Waals surface area contributed by atoms with Gasteiger partial charge in [0.2, 0.25) is 0 Å². The minimum absolute atomic E-state index is 0.136. The maximum absolute atomic E-state index is 12.5. The number of nitrogens with zero attached hydrogens (tertiary/aromatic N) is 1. The van der Waals surface area contributed by atoms with Crippen LogP contribution < -0.4 is 0 Å². The molecule has 1 aromatic carbocycles. The number of hydrogen-bond donors (Lipinski definition) is 1. The molecule has 1 heterocycles. The monoisotopic (exact) mass is 347 g/mol. The van der Waals surface area contributed by atoms with Gasteiger partial charge in [0.1, 0.15) is 6.61 Å². The molecule has 1 aromatic rings. The van der Waals surface area contributed by atoms with Gasteiger partial charge >= 0.3 is 12.1 Å². The lowest BCUT2D eigenvalue weighted by Crippen LogP contribution is -2.53. The first kappa shape index (κ1) is 19.0. The second-order valence-corrected chi connectivity index (χ2v) is 6.01. The Balaban J connectivity index is 2.05. The Kier molecular flexibility index (Phi) is 7.01. The molecule has 0 saturated carbocycles. The highest BCUT2D eigenvalue weighted by Crippen LogP contribution is 2.26.